The maximum absolute atomic E-state index is 4.71. The lowest BCUT2D eigenvalue weighted by atomic mass is 10.1. The minimum atomic E-state index is 0.598. The van der Waals surface area contributed by atoms with Gasteiger partial charge in [-0.25, -0.2) is 9.50 Å². The van der Waals surface area contributed by atoms with Crippen molar-refractivity contribution in [3.63, 3.8) is 0 Å². The second kappa shape index (κ2) is 9.53. The Morgan fingerprint density at radius 2 is 2.07 bits per heavy atom. The lowest BCUT2D eigenvalue weighted by molar-refractivity contribution is 0.309. The molecule has 0 spiro atoms. The highest BCUT2D eigenvalue weighted by Gasteiger charge is 2.20. The van der Waals surface area contributed by atoms with E-state index in [1.165, 1.54) is 19.4 Å². The van der Waals surface area contributed by atoms with Crippen LogP contribution < -0.4 is 10.6 Å². The predicted molar refractivity (Wildman–Crippen MR) is 128 cm³/mol. The molecule has 0 amide bonds. The normalized spacial score (nSPS) is 16.8. The Bertz CT molecular complexity index is 997. The van der Waals surface area contributed by atoms with Crippen LogP contribution in [0.1, 0.15) is 24.8 Å². The molecule has 2 aromatic heterocycles. The van der Waals surface area contributed by atoms with E-state index in [1.54, 1.807) is 0 Å². The summed E-state index contributed by atoms with van der Waals surface area (Å²) in [6, 6.07) is 13.0. The van der Waals surface area contributed by atoms with E-state index in [9.17, 15) is 0 Å². The van der Waals surface area contributed by atoms with Gasteiger partial charge >= 0.3 is 0 Å². The number of likely N-dealkylation sites (tertiary alicyclic amines) is 1. The number of benzene rings is 1. The van der Waals surface area contributed by atoms with Crippen molar-refractivity contribution in [1.29, 1.82) is 0 Å². The molecule has 3 aromatic rings. The predicted octanol–water partition coefficient (Wildman–Crippen LogP) is 3.78. The lowest BCUT2D eigenvalue weighted by Gasteiger charge is -2.21. The molecular weight excluding hydrogens is 392 g/mol. The van der Waals surface area contributed by atoms with Crippen LogP contribution in [-0.4, -0.2) is 58.0 Å². The highest BCUT2D eigenvalue weighted by Crippen LogP contribution is 2.23. The van der Waals surface area contributed by atoms with E-state index in [1.807, 2.05) is 22.8 Å². The van der Waals surface area contributed by atoms with Crippen molar-refractivity contribution < 1.29 is 0 Å². The molecule has 158 valence electrons. The van der Waals surface area contributed by atoms with Gasteiger partial charge in [-0.15, -0.1) is 5.10 Å². The first kappa shape index (κ1) is 20.8. The summed E-state index contributed by atoms with van der Waals surface area (Å²) < 4.78 is 1.89. The highest BCUT2D eigenvalue weighted by molar-refractivity contribution is 7.80. The number of rotatable bonds is 9. The zero-order valence-electron chi connectivity index (χ0n) is 17.5. The van der Waals surface area contributed by atoms with Crippen LogP contribution in [0.4, 0.5) is 5.82 Å². The first-order valence-corrected chi connectivity index (χ1v) is 11.2. The van der Waals surface area contributed by atoms with Crippen molar-refractivity contribution in [3.05, 3.63) is 54.7 Å². The minimum absolute atomic E-state index is 0.598. The molecule has 0 radical (unpaired) electrons. The first-order valence-electron chi connectivity index (χ1n) is 10.6. The van der Waals surface area contributed by atoms with E-state index in [0.29, 0.717) is 6.04 Å². The largest absolute Gasteiger partial charge is 0.383 e. The van der Waals surface area contributed by atoms with E-state index in [4.69, 9.17) is 5.10 Å². The van der Waals surface area contributed by atoms with Crippen molar-refractivity contribution in [3.8, 4) is 11.3 Å². The molecule has 4 rings (SSSR count). The molecule has 30 heavy (non-hydrogen) atoms. The molecule has 1 aliphatic heterocycles. The zero-order chi connectivity index (χ0) is 20.9. The number of fused-ring (bicyclic) bond motifs is 1. The maximum atomic E-state index is 4.71. The molecular formula is C23H30N6S. The van der Waals surface area contributed by atoms with Crippen LogP contribution in [0.25, 0.3) is 22.6 Å². The molecule has 1 saturated heterocycles. The van der Waals surface area contributed by atoms with Gasteiger partial charge in [0, 0.05) is 30.4 Å². The number of hydrogen-bond acceptors (Lipinski definition) is 6. The molecule has 7 heteroatoms. The number of hydrogen-bond donors (Lipinski definition) is 3. The fourth-order valence-corrected chi connectivity index (χ4v) is 4.04. The van der Waals surface area contributed by atoms with E-state index in [0.717, 1.165) is 59.2 Å². The topological polar surface area (TPSA) is 57.5 Å². The van der Waals surface area contributed by atoms with Gasteiger partial charge in [0.2, 0.25) is 0 Å². The van der Waals surface area contributed by atoms with E-state index >= 15 is 0 Å². The van der Waals surface area contributed by atoms with Crippen LogP contribution in [-0.2, 0) is 0 Å². The Balaban J connectivity index is 1.46. The average molecular weight is 423 g/mol. The second-order valence-electron chi connectivity index (χ2n) is 7.85. The van der Waals surface area contributed by atoms with Gasteiger partial charge in [0.15, 0.2) is 5.65 Å². The summed E-state index contributed by atoms with van der Waals surface area (Å²) in [4.78, 5) is 6.92. The van der Waals surface area contributed by atoms with Gasteiger partial charge in [0.25, 0.3) is 0 Å². The fraction of sp³-hybridized carbons (Fsp3) is 0.391. The molecule has 0 saturated carbocycles. The molecule has 1 fully saturated rings. The number of nitrogens with one attached hydrogen (secondary N) is 2. The van der Waals surface area contributed by atoms with Gasteiger partial charge in [-0.1, -0.05) is 30.8 Å². The second-order valence-corrected chi connectivity index (χ2v) is 8.30. The summed E-state index contributed by atoms with van der Waals surface area (Å²) in [5, 5.41) is 11.6. The molecule has 1 atom stereocenters. The van der Waals surface area contributed by atoms with Gasteiger partial charge in [0.05, 0.1) is 11.9 Å². The van der Waals surface area contributed by atoms with Gasteiger partial charge in [-0.3, -0.25) is 0 Å². The summed E-state index contributed by atoms with van der Waals surface area (Å²) in [6.45, 7) is 7.21. The third-order valence-corrected chi connectivity index (χ3v) is 6.07. The quantitative estimate of drug-likeness (QED) is 0.362. The van der Waals surface area contributed by atoms with Crippen LogP contribution in [0.5, 0.6) is 0 Å². The molecule has 0 aliphatic carbocycles. The Hall–Kier alpha value is -2.51. The van der Waals surface area contributed by atoms with Crippen molar-refractivity contribution in [2.45, 2.75) is 25.3 Å². The zero-order valence-corrected chi connectivity index (χ0v) is 18.4. The van der Waals surface area contributed by atoms with Crippen molar-refractivity contribution in [2.24, 2.45) is 0 Å². The van der Waals surface area contributed by atoms with E-state index in [2.05, 4.69) is 71.0 Å². The third-order valence-electron chi connectivity index (χ3n) is 5.76. The maximum Gasteiger partial charge on any atom is 0.154 e. The first-order chi connectivity index (χ1) is 14.7. The van der Waals surface area contributed by atoms with E-state index in [-0.39, 0.29) is 0 Å². The summed E-state index contributed by atoms with van der Waals surface area (Å²) in [5.41, 5.74) is 4.96. The summed E-state index contributed by atoms with van der Waals surface area (Å²) in [5.74, 6) is 1.70. The molecule has 1 aromatic carbocycles. The van der Waals surface area contributed by atoms with Crippen LogP contribution >= 0.6 is 12.6 Å². The molecule has 6 nitrogen and oxygen atoms in total. The smallest absolute Gasteiger partial charge is 0.154 e. The fourth-order valence-electron chi connectivity index (χ4n) is 3.88. The van der Waals surface area contributed by atoms with E-state index < -0.39 is 0 Å². The highest BCUT2D eigenvalue weighted by atomic mass is 32.1. The van der Waals surface area contributed by atoms with Crippen LogP contribution in [0.15, 0.2) is 49.2 Å². The van der Waals surface area contributed by atoms with Crippen molar-refractivity contribution >= 4 is 29.8 Å². The molecule has 1 unspecified atom stereocenters. The molecule has 3 heterocycles. The molecule has 0 bridgehead atoms. The third kappa shape index (κ3) is 4.63. The van der Waals surface area contributed by atoms with Crippen LogP contribution in [0, 0.1) is 0 Å². The van der Waals surface area contributed by atoms with Crippen LogP contribution in [0.3, 0.4) is 0 Å². The van der Waals surface area contributed by atoms with Gasteiger partial charge in [-0.2, -0.15) is 12.6 Å². The Kier molecular flexibility index (Phi) is 6.59. The number of anilines is 1. The standard InChI is InChI=1S/C23H30N6S/c1-17(25-15-20-5-3-13-28(20)2)18-6-8-19(9-7-18)21-16-26-23-11-10-22(27-29(21)23)24-12-4-14-30/h6-11,16,20,25,30H,1,3-5,12-15H2,2H3,(H,24,27). The lowest BCUT2D eigenvalue weighted by Crippen LogP contribution is -2.34. The number of likely N-dealkylation sites (N-methyl/N-ethyl adjacent to an activating group) is 1. The summed E-state index contributed by atoms with van der Waals surface area (Å²) in [6.07, 6.45) is 5.40. The Morgan fingerprint density at radius 3 is 2.80 bits per heavy atom. The number of aromatic nitrogens is 3. The Labute approximate surface area is 183 Å². The average Bonchev–Trinajstić information content (AvgIpc) is 3.38. The number of imidazole rings is 1. The minimum Gasteiger partial charge on any atom is -0.383 e. The molecule has 2 N–H and O–H groups in total. The van der Waals surface area contributed by atoms with Crippen molar-refractivity contribution in [1.82, 2.24) is 24.8 Å². The van der Waals surface area contributed by atoms with Gasteiger partial charge in [0.1, 0.15) is 5.82 Å². The Morgan fingerprint density at radius 1 is 1.23 bits per heavy atom. The number of nitrogens with zero attached hydrogens (tertiary/aromatic N) is 4. The summed E-state index contributed by atoms with van der Waals surface area (Å²) in [7, 11) is 2.20. The van der Waals surface area contributed by atoms with Gasteiger partial charge < -0.3 is 15.5 Å². The van der Waals surface area contributed by atoms with Gasteiger partial charge in [-0.05, 0) is 56.3 Å². The van der Waals surface area contributed by atoms with Crippen LogP contribution in [0.2, 0.25) is 0 Å². The molecule has 1 aliphatic rings. The number of thiol groups is 1. The monoisotopic (exact) mass is 422 g/mol. The van der Waals surface area contributed by atoms with Crippen molar-refractivity contribution in [2.75, 3.05) is 37.8 Å². The summed E-state index contributed by atoms with van der Waals surface area (Å²) >= 11 is 4.25. The SMILES string of the molecule is C=C(NCC1CCCN1C)c1ccc(-c2cnc3ccc(NCCCS)nn23)cc1.